The molecule has 0 aliphatic carbocycles. The summed E-state index contributed by atoms with van der Waals surface area (Å²) in [5.41, 5.74) is 3.08. The summed E-state index contributed by atoms with van der Waals surface area (Å²) in [4.78, 5) is 34.4. The molecule has 2 amide bonds. The lowest BCUT2D eigenvalue weighted by molar-refractivity contribution is -0.117. The van der Waals surface area contributed by atoms with Gasteiger partial charge in [-0.25, -0.2) is 4.98 Å². The molecule has 142 valence electrons. The van der Waals surface area contributed by atoms with Gasteiger partial charge >= 0.3 is 0 Å². The van der Waals surface area contributed by atoms with Crippen molar-refractivity contribution in [2.75, 3.05) is 4.90 Å². The number of aromatic nitrogens is 2. The molecule has 6 nitrogen and oxygen atoms in total. The number of pyridine rings is 1. The summed E-state index contributed by atoms with van der Waals surface area (Å²) in [5.74, 6) is -0.358. The summed E-state index contributed by atoms with van der Waals surface area (Å²) in [6, 6.07) is 15.0. The minimum absolute atomic E-state index is 0.125. The van der Waals surface area contributed by atoms with Crippen molar-refractivity contribution in [3.63, 3.8) is 0 Å². The van der Waals surface area contributed by atoms with Crippen molar-refractivity contribution in [2.24, 2.45) is 0 Å². The Bertz CT molecular complexity index is 998. The van der Waals surface area contributed by atoms with E-state index in [1.807, 2.05) is 55.5 Å². The molecule has 0 fully saturated rings. The molecule has 3 aromatic rings. The van der Waals surface area contributed by atoms with Crippen molar-refractivity contribution in [1.82, 2.24) is 15.3 Å². The molecule has 0 radical (unpaired) electrons. The quantitative estimate of drug-likeness (QED) is 0.647. The van der Waals surface area contributed by atoms with Gasteiger partial charge in [-0.15, -0.1) is 11.3 Å². The maximum absolute atomic E-state index is 12.1. The van der Waals surface area contributed by atoms with E-state index in [4.69, 9.17) is 0 Å². The number of hydrogen-bond donors (Lipinski definition) is 1. The summed E-state index contributed by atoms with van der Waals surface area (Å²) in [5, 5.41) is 5.16. The lowest BCUT2D eigenvalue weighted by atomic mass is 10.3. The molecule has 0 atom stereocenters. The van der Waals surface area contributed by atoms with Crippen LogP contribution in [0.5, 0.6) is 0 Å². The van der Waals surface area contributed by atoms with Gasteiger partial charge in [-0.2, -0.15) is 0 Å². The highest BCUT2D eigenvalue weighted by Crippen LogP contribution is 2.28. The van der Waals surface area contributed by atoms with Crippen LogP contribution in [0.2, 0.25) is 0 Å². The van der Waals surface area contributed by atoms with Crippen LogP contribution in [0.15, 0.2) is 60.0 Å². The third kappa shape index (κ3) is 5.11. The van der Waals surface area contributed by atoms with Crippen LogP contribution < -0.4 is 10.2 Å². The SMILES string of the molecule is CC(=O)N(c1ccccc1)c1nc(/C=C/C(=O)NCc2cccc(C)n2)cs1. The second kappa shape index (κ2) is 9.05. The van der Waals surface area contributed by atoms with Gasteiger partial charge in [0.25, 0.3) is 0 Å². The topological polar surface area (TPSA) is 75.2 Å². The zero-order chi connectivity index (χ0) is 19.9. The van der Waals surface area contributed by atoms with Gasteiger partial charge in [-0.1, -0.05) is 24.3 Å². The van der Waals surface area contributed by atoms with Crippen molar-refractivity contribution in [2.45, 2.75) is 20.4 Å². The van der Waals surface area contributed by atoms with Gasteiger partial charge in [0.15, 0.2) is 5.13 Å². The van der Waals surface area contributed by atoms with E-state index >= 15 is 0 Å². The van der Waals surface area contributed by atoms with Crippen LogP contribution in [-0.4, -0.2) is 21.8 Å². The molecule has 0 bridgehead atoms. The van der Waals surface area contributed by atoms with E-state index in [1.165, 1.54) is 24.3 Å². The maximum atomic E-state index is 12.1. The largest absolute Gasteiger partial charge is 0.347 e. The second-order valence-corrected chi connectivity index (χ2v) is 6.90. The molecule has 0 aliphatic heterocycles. The van der Waals surface area contributed by atoms with Gasteiger partial charge in [0.1, 0.15) is 0 Å². The van der Waals surface area contributed by atoms with Crippen molar-refractivity contribution < 1.29 is 9.59 Å². The summed E-state index contributed by atoms with van der Waals surface area (Å²) in [6.07, 6.45) is 3.05. The first-order valence-electron chi connectivity index (χ1n) is 8.72. The number of aryl methyl sites for hydroxylation is 1. The van der Waals surface area contributed by atoms with E-state index in [2.05, 4.69) is 15.3 Å². The Labute approximate surface area is 167 Å². The molecule has 1 N–H and O–H groups in total. The normalized spacial score (nSPS) is 10.8. The Balaban J connectivity index is 1.64. The lowest BCUT2D eigenvalue weighted by Gasteiger charge is -2.17. The van der Waals surface area contributed by atoms with Gasteiger partial charge in [-0.05, 0) is 37.3 Å². The highest BCUT2D eigenvalue weighted by atomic mass is 32.1. The van der Waals surface area contributed by atoms with E-state index in [-0.39, 0.29) is 11.8 Å². The number of carbonyl (C=O) groups excluding carboxylic acids is 2. The molecule has 0 aliphatic rings. The maximum Gasteiger partial charge on any atom is 0.244 e. The van der Waals surface area contributed by atoms with Gasteiger partial charge < -0.3 is 5.32 Å². The monoisotopic (exact) mass is 392 g/mol. The van der Waals surface area contributed by atoms with Crippen LogP contribution in [0.25, 0.3) is 6.08 Å². The minimum atomic E-state index is -0.232. The van der Waals surface area contributed by atoms with Gasteiger partial charge in [0.05, 0.1) is 23.6 Å². The Morgan fingerprint density at radius 1 is 1.11 bits per heavy atom. The molecule has 3 rings (SSSR count). The lowest BCUT2D eigenvalue weighted by Crippen LogP contribution is -2.22. The van der Waals surface area contributed by atoms with Crippen molar-refractivity contribution >= 4 is 40.0 Å². The number of hydrogen-bond acceptors (Lipinski definition) is 5. The molecule has 0 spiro atoms. The fourth-order valence-corrected chi connectivity index (χ4v) is 3.41. The van der Waals surface area contributed by atoms with Gasteiger partial charge in [-0.3, -0.25) is 19.5 Å². The zero-order valence-electron chi connectivity index (χ0n) is 15.6. The molecule has 2 heterocycles. The van der Waals surface area contributed by atoms with Crippen LogP contribution in [0.4, 0.5) is 10.8 Å². The van der Waals surface area contributed by atoms with E-state index in [0.29, 0.717) is 17.4 Å². The number of anilines is 2. The predicted octanol–water partition coefficient (Wildman–Crippen LogP) is 3.86. The van der Waals surface area contributed by atoms with Crippen LogP contribution in [-0.2, 0) is 16.1 Å². The molecule has 0 saturated carbocycles. The smallest absolute Gasteiger partial charge is 0.244 e. The third-order valence-electron chi connectivity index (χ3n) is 3.83. The first kappa shape index (κ1) is 19.4. The van der Waals surface area contributed by atoms with Crippen LogP contribution in [0, 0.1) is 6.92 Å². The standard InChI is InChI=1S/C21H20N4O2S/c1-15-7-6-8-17(23-15)13-22-20(27)12-11-18-14-28-21(24-18)25(16(2)26)19-9-4-3-5-10-19/h3-12,14H,13H2,1-2H3,(H,22,27)/b12-11+. The fraction of sp³-hybridized carbons (Fsp3) is 0.143. The minimum Gasteiger partial charge on any atom is -0.347 e. The van der Waals surface area contributed by atoms with Crippen LogP contribution in [0.3, 0.4) is 0 Å². The fourth-order valence-electron chi connectivity index (χ4n) is 2.56. The van der Waals surface area contributed by atoms with Crippen molar-refractivity contribution in [3.8, 4) is 0 Å². The number of amides is 2. The average molecular weight is 392 g/mol. The summed E-state index contributed by atoms with van der Waals surface area (Å²) < 4.78 is 0. The van der Waals surface area contributed by atoms with Gasteiger partial charge in [0.2, 0.25) is 11.8 Å². The first-order valence-corrected chi connectivity index (χ1v) is 9.60. The van der Waals surface area contributed by atoms with Crippen LogP contribution >= 0.6 is 11.3 Å². The van der Waals surface area contributed by atoms with E-state index < -0.39 is 0 Å². The highest BCUT2D eigenvalue weighted by molar-refractivity contribution is 7.14. The molecule has 2 aromatic heterocycles. The van der Waals surface area contributed by atoms with E-state index in [1.54, 1.807) is 16.4 Å². The first-order chi connectivity index (χ1) is 13.5. The number of carbonyl (C=O) groups is 2. The molecule has 28 heavy (non-hydrogen) atoms. The average Bonchev–Trinajstić information content (AvgIpc) is 3.14. The number of nitrogens with one attached hydrogen (secondary N) is 1. The Morgan fingerprint density at radius 3 is 2.61 bits per heavy atom. The van der Waals surface area contributed by atoms with E-state index in [0.717, 1.165) is 17.1 Å². The Hall–Kier alpha value is -3.32. The van der Waals surface area contributed by atoms with E-state index in [9.17, 15) is 9.59 Å². The number of benzene rings is 1. The Kier molecular flexibility index (Phi) is 6.29. The number of thiazole rings is 1. The van der Waals surface area contributed by atoms with Crippen molar-refractivity contribution in [1.29, 1.82) is 0 Å². The number of rotatable bonds is 6. The predicted molar refractivity (Wildman–Crippen MR) is 111 cm³/mol. The third-order valence-corrected chi connectivity index (χ3v) is 4.67. The Morgan fingerprint density at radius 2 is 1.89 bits per heavy atom. The van der Waals surface area contributed by atoms with Gasteiger partial charge in [0, 0.05) is 24.1 Å². The molecular formula is C21H20N4O2S. The summed E-state index contributed by atoms with van der Waals surface area (Å²) in [7, 11) is 0. The second-order valence-electron chi connectivity index (χ2n) is 6.07. The molecule has 0 unspecified atom stereocenters. The molecule has 0 saturated heterocycles. The summed E-state index contributed by atoms with van der Waals surface area (Å²) >= 11 is 1.35. The molecular weight excluding hydrogens is 372 g/mol. The summed E-state index contributed by atoms with van der Waals surface area (Å²) in [6.45, 7) is 3.76. The number of para-hydroxylation sites is 1. The molecule has 7 heteroatoms. The highest BCUT2D eigenvalue weighted by Gasteiger charge is 2.17. The van der Waals surface area contributed by atoms with Crippen molar-refractivity contribution in [3.05, 3.63) is 77.1 Å². The molecule has 1 aromatic carbocycles. The zero-order valence-corrected chi connectivity index (χ0v) is 16.4. The number of nitrogens with zero attached hydrogens (tertiary/aromatic N) is 3. The van der Waals surface area contributed by atoms with Crippen LogP contribution in [0.1, 0.15) is 24.0 Å².